The van der Waals surface area contributed by atoms with Gasteiger partial charge in [-0.2, -0.15) is 11.8 Å². The number of hydrogen-bond acceptors (Lipinski definition) is 4. The minimum Gasteiger partial charge on any atom is -0.365 e. The third-order valence-corrected chi connectivity index (χ3v) is 3.66. The van der Waals surface area contributed by atoms with Crippen LogP contribution < -0.4 is 10.9 Å². The highest BCUT2D eigenvalue weighted by atomic mass is 32.2. The molecule has 1 atom stereocenters. The number of aromatic nitrogens is 2. The molecular formula is C12H21N3OS. The molecule has 0 aliphatic rings. The molecule has 0 saturated heterocycles. The lowest BCUT2D eigenvalue weighted by atomic mass is 10.3. The SMILES string of the molecule is CCCn1ccnc(NCCC(C)SC)c1=O. The van der Waals surface area contributed by atoms with E-state index in [1.807, 2.05) is 11.8 Å². The van der Waals surface area contributed by atoms with Gasteiger partial charge in [-0.1, -0.05) is 13.8 Å². The molecule has 0 aliphatic heterocycles. The molecule has 17 heavy (non-hydrogen) atoms. The van der Waals surface area contributed by atoms with Crippen molar-refractivity contribution in [3.63, 3.8) is 0 Å². The van der Waals surface area contributed by atoms with Crippen molar-refractivity contribution < 1.29 is 0 Å². The van der Waals surface area contributed by atoms with Gasteiger partial charge < -0.3 is 9.88 Å². The van der Waals surface area contributed by atoms with E-state index in [9.17, 15) is 4.79 Å². The predicted molar refractivity (Wildman–Crippen MR) is 74.9 cm³/mol. The van der Waals surface area contributed by atoms with Gasteiger partial charge in [0.05, 0.1) is 0 Å². The molecule has 1 aromatic rings. The van der Waals surface area contributed by atoms with Crippen LogP contribution in [0.25, 0.3) is 0 Å². The van der Waals surface area contributed by atoms with Gasteiger partial charge in [-0.15, -0.1) is 0 Å². The first kappa shape index (κ1) is 14.1. The van der Waals surface area contributed by atoms with Crippen LogP contribution in [0.2, 0.25) is 0 Å². The van der Waals surface area contributed by atoms with E-state index in [-0.39, 0.29) is 5.56 Å². The largest absolute Gasteiger partial charge is 0.365 e. The van der Waals surface area contributed by atoms with E-state index >= 15 is 0 Å². The summed E-state index contributed by atoms with van der Waals surface area (Å²) in [4.78, 5) is 16.0. The Hall–Kier alpha value is -0.970. The van der Waals surface area contributed by atoms with Gasteiger partial charge in [0, 0.05) is 30.7 Å². The summed E-state index contributed by atoms with van der Waals surface area (Å²) in [6, 6.07) is 0. The monoisotopic (exact) mass is 255 g/mol. The molecule has 1 rings (SSSR count). The van der Waals surface area contributed by atoms with Crippen LogP contribution in [0.15, 0.2) is 17.2 Å². The summed E-state index contributed by atoms with van der Waals surface area (Å²) < 4.78 is 1.70. The number of hydrogen-bond donors (Lipinski definition) is 1. The van der Waals surface area contributed by atoms with Crippen LogP contribution in [0.4, 0.5) is 5.82 Å². The van der Waals surface area contributed by atoms with Crippen molar-refractivity contribution in [1.29, 1.82) is 0 Å². The quantitative estimate of drug-likeness (QED) is 0.811. The summed E-state index contributed by atoms with van der Waals surface area (Å²) >= 11 is 1.83. The van der Waals surface area contributed by atoms with E-state index in [1.54, 1.807) is 17.0 Å². The number of thioether (sulfide) groups is 1. The van der Waals surface area contributed by atoms with Gasteiger partial charge in [0.2, 0.25) is 0 Å². The van der Waals surface area contributed by atoms with Crippen LogP contribution in [-0.2, 0) is 6.54 Å². The Kier molecular flexibility index (Phi) is 6.11. The van der Waals surface area contributed by atoms with Gasteiger partial charge >= 0.3 is 0 Å². The molecule has 4 nitrogen and oxygen atoms in total. The molecule has 0 radical (unpaired) electrons. The van der Waals surface area contributed by atoms with E-state index in [0.29, 0.717) is 11.1 Å². The first-order chi connectivity index (χ1) is 8.19. The van der Waals surface area contributed by atoms with Gasteiger partial charge in [0.1, 0.15) is 0 Å². The second kappa shape index (κ2) is 7.37. The Balaban J connectivity index is 2.59. The van der Waals surface area contributed by atoms with E-state index < -0.39 is 0 Å². The fraction of sp³-hybridized carbons (Fsp3) is 0.667. The Morgan fingerprint density at radius 2 is 2.35 bits per heavy atom. The molecule has 0 saturated carbocycles. The van der Waals surface area contributed by atoms with E-state index in [4.69, 9.17) is 0 Å². The molecule has 0 aromatic carbocycles. The Morgan fingerprint density at radius 3 is 3.00 bits per heavy atom. The first-order valence-corrected chi connectivity index (χ1v) is 7.30. The molecule has 1 unspecified atom stereocenters. The Morgan fingerprint density at radius 1 is 1.59 bits per heavy atom. The Bertz CT molecular complexity index is 392. The van der Waals surface area contributed by atoms with Crippen molar-refractivity contribution >= 4 is 17.6 Å². The van der Waals surface area contributed by atoms with Crippen molar-refractivity contribution in [2.24, 2.45) is 0 Å². The molecule has 1 N–H and O–H groups in total. The maximum absolute atomic E-state index is 11.9. The maximum Gasteiger partial charge on any atom is 0.293 e. The van der Waals surface area contributed by atoms with Gasteiger partial charge in [-0.25, -0.2) is 4.98 Å². The molecule has 0 spiro atoms. The van der Waals surface area contributed by atoms with Gasteiger partial charge in [0.25, 0.3) is 5.56 Å². The second-order valence-corrected chi connectivity index (χ2v) is 5.31. The van der Waals surface area contributed by atoms with Gasteiger partial charge in [0.15, 0.2) is 5.82 Å². The zero-order valence-corrected chi connectivity index (χ0v) is 11.6. The molecule has 96 valence electrons. The summed E-state index contributed by atoms with van der Waals surface area (Å²) in [6.45, 7) is 5.78. The van der Waals surface area contributed by atoms with Crippen LogP contribution >= 0.6 is 11.8 Å². The molecule has 5 heteroatoms. The highest BCUT2D eigenvalue weighted by Crippen LogP contribution is 2.08. The number of nitrogens with one attached hydrogen (secondary N) is 1. The van der Waals surface area contributed by atoms with Crippen LogP contribution in [0, 0.1) is 0 Å². The third kappa shape index (κ3) is 4.42. The first-order valence-electron chi connectivity index (χ1n) is 6.01. The second-order valence-electron chi connectivity index (χ2n) is 4.04. The normalized spacial score (nSPS) is 12.4. The fourth-order valence-electron chi connectivity index (χ4n) is 1.50. The number of aryl methyl sites for hydroxylation is 1. The fourth-order valence-corrected chi connectivity index (χ4v) is 1.85. The minimum atomic E-state index is -0.0221. The molecule has 1 heterocycles. The summed E-state index contributed by atoms with van der Waals surface area (Å²) in [6.07, 6.45) is 7.50. The molecule has 1 aromatic heterocycles. The molecule has 0 amide bonds. The zero-order valence-electron chi connectivity index (χ0n) is 10.8. The highest BCUT2D eigenvalue weighted by molar-refractivity contribution is 7.99. The lowest BCUT2D eigenvalue weighted by Crippen LogP contribution is -2.25. The molecule has 0 bridgehead atoms. The topological polar surface area (TPSA) is 46.9 Å². The molecule has 0 aliphatic carbocycles. The number of anilines is 1. The van der Waals surface area contributed by atoms with Crippen LogP contribution in [-0.4, -0.2) is 27.6 Å². The molecule has 0 fully saturated rings. The van der Waals surface area contributed by atoms with E-state index in [2.05, 4.69) is 30.4 Å². The number of nitrogens with zero attached hydrogens (tertiary/aromatic N) is 2. The van der Waals surface area contributed by atoms with E-state index in [0.717, 1.165) is 25.9 Å². The van der Waals surface area contributed by atoms with E-state index in [1.165, 1.54) is 0 Å². The van der Waals surface area contributed by atoms with Gasteiger partial charge in [-0.05, 0) is 19.1 Å². The summed E-state index contributed by atoms with van der Waals surface area (Å²) in [5.74, 6) is 0.467. The Labute approximate surface area is 107 Å². The zero-order chi connectivity index (χ0) is 12.7. The van der Waals surface area contributed by atoms with Crippen molar-refractivity contribution in [3.05, 3.63) is 22.7 Å². The van der Waals surface area contributed by atoms with Crippen molar-refractivity contribution in [1.82, 2.24) is 9.55 Å². The van der Waals surface area contributed by atoms with Crippen LogP contribution in [0.1, 0.15) is 26.7 Å². The summed E-state index contributed by atoms with van der Waals surface area (Å²) in [5, 5.41) is 3.72. The lowest BCUT2D eigenvalue weighted by Gasteiger charge is -2.10. The average molecular weight is 255 g/mol. The van der Waals surface area contributed by atoms with Crippen molar-refractivity contribution in [2.45, 2.75) is 38.5 Å². The third-order valence-electron chi connectivity index (χ3n) is 2.62. The lowest BCUT2D eigenvalue weighted by molar-refractivity contribution is 0.649. The minimum absolute atomic E-state index is 0.0221. The maximum atomic E-state index is 11.9. The average Bonchev–Trinajstić information content (AvgIpc) is 2.33. The van der Waals surface area contributed by atoms with Gasteiger partial charge in [-0.3, -0.25) is 4.79 Å². The van der Waals surface area contributed by atoms with Crippen LogP contribution in [0.3, 0.4) is 0 Å². The van der Waals surface area contributed by atoms with Crippen molar-refractivity contribution in [2.75, 3.05) is 18.1 Å². The van der Waals surface area contributed by atoms with Crippen LogP contribution in [0.5, 0.6) is 0 Å². The standard InChI is InChI=1S/C12H21N3OS/c1-4-8-15-9-7-14-11(12(15)16)13-6-5-10(2)17-3/h7,9-10H,4-6,8H2,1-3H3,(H,13,14). The smallest absolute Gasteiger partial charge is 0.293 e. The summed E-state index contributed by atoms with van der Waals surface area (Å²) in [7, 11) is 0. The summed E-state index contributed by atoms with van der Waals surface area (Å²) in [5.41, 5.74) is -0.0221. The van der Waals surface area contributed by atoms with Crippen molar-refractivity contribution in [3.8, 4) is 0 Å². The molecular weight excluding hydrogens is 234 g/mol. The highest BCUT2D eigenvalue weighted by Gasteiger charge is 2.04. The number of rotatable bonds is 7. The predicted octanol–water partition coefficient (Wildman–Crippen LogP) is 2.21.